The Hall–Kier alpha value is -1.92. The first-order valence-electron chi connectivity index (χ1n) is 9.92. The summed E-state index contributed by atoms with van der Waals surface area (Å²) in [4.78, 5) is 31.3. The van der Waals surface area contributed by atoms with Crippen LogP contribution in [-0.4, -0.2) is 66.9 Å². The summed E-state index contributed by atoms with van der Waals surface area (Å²) >= 11 is 0. The van der Waals surface area contributed by atoms with Gasteiger partial charge in [0.1, 0.15) is 0 Å². The van der Waals surface area contributed by atoms with E-state index < -0.39 is 6.04 Å². The number of fused-ring (bicyclic) bond motifs is 1. The van der Waals surface area contributed by atoms with Crippen LogP contribution in [0.5, 0.6) is 0 Å². The summed E-state index contributed by atoms with van der Waals surface area (Å²) in [5.41, 5.74) is 8.18. The van der Waals surface area contributed by atoms with Crippen molar-refractivity contribution in [1.82, 2.24) is 9.80 Å². The summed E-state index contributed by atoms with van der Waals surface area (Å²) in [6.07, 6.45) is 2.05. The average Bonchev–Trinajstić information content (AvgIpc) is 2.66. The summed E-state index contributed by atoms with van der Waals surface area (Å²) in [5.74, 6) is 0.159. The third-order valence-corrected chi connectivity index (χ3v) is 5.65. The molecular formula is C21H32N4O2. The van der Waals surface area contributed by atoms with Crippen molar-refractivity contribution >= 4 is 17.5 Å². The number of rotatable bonds is 3. The SMILES string of the molecule is CC(C)(C)[C@H](N)C(=O)N1CCN(CC(=O)N2CCCc3ccccc32)CC1. The molecule has 2 heterocycles. The number of amides is 2. The molecule has 0 aliphatic carbocycles. The lowest BCUT2D eigenvalue weighted by Gasteiger charge is -2.38. The molecule has 1 fully saturated rings. The van der Waals surface area contributed by atoms with Gasteiger partial charge >= 0.3 is 0 Å². The van der Waals surface area contributed by atoms with E-state index >= 15 is 0 Å². The van der Waals surface area contributed by atoms with Gasteiger partial charge in [0.2, 0.25) is 11.8 Å². The van der Waals surface area contributed by atoms with Gasteiger partial charge in [0, 0.05) is 38.4 Å². The smallest absolute Gasteiger partial charge is 0.241 e. The predicted molar refractivity (Wildman–Crippen MR) is 108 cm³/mol. The Balaban J connectivity index is 1.54. The van der Waals surface area contributed by atoms with Gasteiger partial charge in [0.25, 0.3) is 0 Å². The van der Waals surface area contributed by atoms with Gasteiger partial charge in [0.05, 0.1) is 12.6 Å². The quantitative estimate of drug-likeness (QED) is 0.873. The fraction of sp³-hybridized carbons (Fsp3) is 0.619. The number of anilines is 1. The van der Waals surface area contributed by atoms with Crippen LogP contribution in [0.15, 0.2) is 24.3 Å². The van der Waals surface area contributed by atoms with E-state index in [2.05, 4.69) is 11.0 Å². The summed E-state index contributed by atoms with van der Waals surface area (Å²) in [7, 11) is 0. The molecule has 6 nitrogen and oxygen atoms in total. The lowest BCUT2D eigenvalue weighted by atomic mass is 9.86. The van der Waals surface area contributed by atoms with Crippen molar-refractivity contribution in [3.8, 4) is 0 Å². The first-order valence-corrected chi connectivity index (χ1v) is 9.92. The number of piperazine rings is 1. The van der Waals surface area contributed by atoms with Crippen molar-refractivity contribution in [2.45, 2.75) is 39.7 Å². The molecule has 2 amide bonds. The monoisotopic (exact) mass is 372 g/mol. The largest absolute Gasteiger partial charge is 0.339 e. The highest BCUT2D eigenvalue weighted by molar-refractivity contribution is 5.96. The highest BCUT2D eigenvalue weighted by Gasteiger charge is 2.33. The van der Waals surface area contributed by atoms with E-state index in [-0.39, 0.29) is 17.2 Å². The second kappa shape index (κ2) is 7.98. The Labute approximate surface area is 162 Å². The lowest BCUT2D eigenvalue weighted by Crippen LogP contribution is -2.57. The standard InChI is InChI=1S/C21H32N4O2/c1-21(2,3)19(22)20(27)24-13-11-23(12-14-24)15-18(26)25-10-6-8-16-7-4-5-9-17(16)25/h4-5,7,9,19H,6,8,10-15,22H2,1-3H3/t19-/m1/s1. The van der Waals surface area contributed by atoms with Gasteiger partial charge in [0.15, 0.2) is 0 Å². The molecule has 2 N–H and O–H groups in total. The maximum absolute atomic E-state index is 12.9. The molecule has 2 aliphatic rings. The van der Waals surface area contributed by atoms with Crippen LogP contribution in [0.25, 0.3) is 0 Å². The van der Waals surface area contributed by atoms with Crippen LogP contribution in [0.1, 0.15) is 32.8 Å². The average molecular weight is 373 g/mol. The van der Waals surface area contributed by atoms with Gasteiger partial charge in [-0.1, -0.05) is 39.0 Å². The van der Waals surface area contributed by atoms with Crippen LogP contribution < -0.4 is 10.6 Å². The van der Waals surface area contributed by atoms with Crippen LogP contribution in [0.4, 0.5) is 5.69 Å². The van der Waals surface area contributed by atoms with Crippen molar-refractivity contribution in [3.05, 3.63) is 29.8 Å². The molecule has 2 aliphatic heterocycles. The van der Waals surface area contributed by atoms with Crippen molar-refractivity contribution in [2.24, 2.45) is 11.1 Å². The Morgan fingerprint density at radius 1 is 1.07 bits per heavy atom. The fourth-order valence-corrected chi connectivity index (χ4v) is 3.76. The Morgan fingerprint density at radius 2 is 1.74 bits per heavy atom. The van der Waals surface area contributed by atoms with Crippen LogP contribution >= 0.6 is 0 Å². The van der Waals surface area contributed by atoms with Crippen molar-refractivity contribution in [2.75, 3.05) is 44.2 Å². The zero-order valence-electron chi connectivity index (χ0n) is 16.8. The highest BCUT2D eigenvalue weighted by Crippen LogP contribution is 2.27. The maximum atomic E-state index is 12.9. The molecule has 3 rings (SSSR count). The van der Waals surface area contributed by atoms with Gasteiger partial charge in [-0.2, -0.15) is 0 Å². The van der Waals surface area contributed by atoms with E-state index in [1.54, 1.807) is 0 Å². The van der Waals surface area contributed by atoms with E-state index in [1.807, 2.05) is 48.8 Å². The number of hydrogen-bond donors (Lipinski definition) is 1. The zero-order valence-corrected chi connectivity index (χ0v) is 16.8. The summed E-state index contributed by atoms with van der Waals surface area (Å²) in [6.45, 7) is 9.84. The molecule has 27 heavy (non-hydrogen) atoms. The third kappa shape index (κ3) is 4.50. The molecule has 0 saturated carbocycles. The van der Waals surface area contributed by atoms with E-state index in [9.17, 15) is 9.59 Å². The summed E-state index contributed by atoms with van der Waals surface area (Å²) < 4.78 is 0. The molecule has 1 aromatic carbocycles. The minimum absolute atomic E-state index is 0.0124. The van der Waals surface area contributed by atoms with E-state index in [0.29, 0.717) is 32.7 Å². The van der Waals surface area contributed by atoms with Crippen molar-refractivity contribution in [1.29, 1.82) is 0 Å². The van der Waals surface area contributed by atoms with Gasteiger partial charge < -0.3 is 15.5 Å². The first kappa shape index (κ1) is 19.8. The summed E-state index contributed by atoms with van der Waals surface area (Å²) in [6, 6.07) is 7.68. The number of para-hydroxylation sites is 1. The second-order valence-electron chi connectivity index (χ2n) is 8.72. The number of hydrogen-bond acceptors (Lipinski definition) is 4. The van der Waals surface area contributed by atoms with Crippen molar-refractivity contribution in [3.63, 3.8) is 0 Å². The van der Waals surface area contributed by atoms with Crippen LogP contribution in [0.2, 0.25) is 0 Å². The molecule has 0 aromatic heterocycles. The highest BCUT2D eigenvalue weighted by atomic mass is 16.2. The van der Waals surface area contributed by atoms with E-state index in [1.165, 1.54) is 5.56 Å². The van der Waals surface area contributed by atoms with E-state index in [4.69, 9.17) is 5.73 Å². The van der Waals surface area contributed by atoms with Crippen molar-refractivity contribution < 1.29 is 9.59 Å². The fourth-order valence-electron chi connectivity index (χ4n) is 3.76. The number of nitrogens with zero attached hydrogens (tertiary/aromatic N) is 3. The number of benzene rings is 1. The molecule has 1 saturated heterocycles. The summed E-state index contributed by atoms with van der Waals surface area (Å²) in [5, 5.41) is 0. The molecule has 0 unspecified atom stereocenters. The zero-order chi connectivity index (χ0) is 19.6. The molecule has 0 radical (unpaired) electrons. The molecule has 6 heteroatoms. The molecule has 148 valence electrons. The number of nitrogens with two attached hydrogens (primary N) is 1. The van der Waals surface area contributed by atoms with Crippen LogP contribution in [-0.2, 0) is 16.0 Å². The minimum Gasteiger partial charge on any atom is -0.339 e. The molecule has 1 aromatic rings. The topological polar surface area (TPSA) is 69.9 Å². The maximum Gasteiger partial charge on any atom is 0.241 e. The van der Waals surface area contributed by atoms with E-state index in [0.717, 1.165) is 25.1 Å². The molecular weight excluding hydrogens is 340 g/mol. The molecule has 0 bridgehead atoms. The molecule has 1 atom stereocenters. The number of carbonyl (C=O) groups excluding carboxylic acids is 2. The number of aryl methyl sites for hydroxylation is 1. The number of carbonyl (C=O) groups is 2. The second-order valence-corrected chi connectivity index (χ2v) is 8.72. The Morgan fingerprint density at radius 3 is 2.41 bits per heavy atom. The van der Waals surface area contributed by atoms with Crippen LogP contribution in [0, 0.1) is 5.41 Å². The minimum atomic E-state index is -0.490. The Bertz CT molecular complexity index is 690. The Kier molecular flexibility index (Phi) is 5.86. The first-order chi connectivity index (χ1) is 12.8. The normalized spacial score (nSPS) is 19.6. The van der Waals surface area contributed by atoms with Gasteiger partial charge in [-0.25, -0.2) is 0 Å². The van der Waals surface area contributed by atoms with Gasteiger partial charge in [-0.15, -0.1) is 0 Å². The molecule has 0 spiro atoms. The third-order valence-electron chi connectivity index (χ3n) is 5.65. The van der Waals surface area contributed by atoms with Gasteiger partial charge in [-0.3, -0.25) is 14.5 Å². The lowest BCUT2D eigenvalue weighted by molar-refractivity contribution is -0.136. The predicted octanol–water partition coefficient (Wildman–Crippen LogP) is 1.48. The van der Waals surface area contributed by atoms with Gasteiger partial charge in [-0.05, 0) is 29.9 Å². The van der Waals surface area contributed by atoms with Crippen LogP contribution in [0.3, 0.4) is 0 Å².